The Balaban J connectivity index is 2.55. The number of amides is 4. The third kappa shape index (κ3) is 9.53. The zero-order chi connectivity index (χ0) is 27.7. The summed E-state index contributed by atoms with van der Waals surface area (Å²) in [7, 11) is 2.89. The maximum atomic E-state index is 13.3. The fraction of sp³-hybridized carbons (Fsp3) is 0.708. The van der Waals surface area contributed by atoms with Crippen LogP contribution in [0.4, 0.5) is 0 Å². The molecule has 37 heavy (non-hydrogen) atoms. The van der Waals surface area contributed by atoms with Gasteiger partial charge in [0, 0.05) is 11.5 Å². The summed E-state index contributed by atoms with van der Waals surface area (Å²) in [6.45, 7) is 8.38. The average Bonchev–Trinajstić information content (AvgIpc) is 2.80. The minimum Gasteiger partial charge on any atom is -0.456 e. The predicted octanol–water partition coefficient (Wildman–Crippen LogP) is 0.275. The molecular weight excluding hydrogens is 520 g/mol. The molecule has 2 heterocycles. The lowest BCUT2D eigenvalue weighted by molar-refractivity contribution is -0.155. The predicted molar refractivity (Wildman–Crippen MR) is 142 cm³/mol. The first-order chi connectivity index (χ1) is 17.4. The maximum absolute atomic E-state index is 13.3. The molecule has 5 N–H and O–H groups in total. The number of allylic oxidation sites excluding steroid dienone is 1. The summed E-state index contributed by atoms with van der Waals surface area (Å²) >= 11 is 0. The van der Waals surface area contributed by atoms with Crippen molar-refractivity contribution >= 4 is 51.2 Å². The Bertz CT molecular complexity index is 881. The van der Waals surface area contributed by atoms with E-state index < -0.39 is 66.0 Å². The Morgan fingerprint density at radius 2 is 1.43 bits per heavy atom. The number of rotatable bonds is 3. The van der Waals surface area contributed by atoms with Crippen molar-refractivity contribution in [3.05, 3.63) is 12.2 Å². The van der Waals surface area contributed by atoms with Gasteiger partial charge in [-0.1, -0.05) is 55.4 Å². The highest BCUT2D eigenvalue weighted by Gasteiger charge is 2.36. The number of fused-ring (bicyclic) bond motifs is 6. The first-order valence-electron chi connectivity index (χ1n) is 12.4. The van der Waals surface area contributed by atoms with Crippen LogP contribution in [0.5, 0.6) is 0 Å². The SMILES string of the molecule is CC(C)C1NC(=O)C[C@H]2/C=C/CCSSC[C@@H](NC(=O)[C@@H](C(C)C)NC1=O)C(=O)NC([C@@H](C)O)C(=O)O2. The zero-order valence-electron chi connectivity index (χ0n) is 21.8. The molecule has 2 unspecified atom stereocenters. The Morgan fingerprint density at radius 3 is 2.05 bits per heavy atom. The number of ether oxygens (including phenoxy) is 1. The van der Waals surface area contributed by atoms with Crippen LogP contribution in [0, 0.1) is 11.8 Å². The van der Waals surface area contributed by atoms with Gasteiger partial charge in [0.1, 0.15) is 24.2 Å². The van der Waals surface area contributed by atoms with Crippen LogP contribution in [-0.2, 0) is 28.7 Å². The molecule has 2 aliphatic heterocycles. The van der Waals surface area contributed by atoms with Crippen molar-refractivity contribution in [1.82, 2.24) is 21.3 Å². The summed E-state index contributed by atoms with van der Waals surface area (Å²) in [5.74, 6) is -2.97. The smallest absolute Gasteiger partial charge is 0.331 e. The van der Waals surface area contributed by atoms with Gasteiger partial charge in [-0.05, 0) is 31.3 Å². The van der Waals surface area contributed by atoms with E-state index in [-0.39, 0.29) is 24.0 Å². The number of esters is 1. The fourth-order valence-corrected chi connectivity index (χ4v) is 5.87. The monoisotopic (exact) mass is 558 g/mol. The highest BCUT2D eigenvalue weighted by Crippen LogP contribution is 2.24. The van der Waals surface area contributed by atoms with Gasteiger partial charge >= 0.3 is 5.97 Å². The number of nitrogens with one attached hydrogen (secondary N) is 4. The molecule has 0 radical (unpaired) electrons. The lowest BCUT2D eigenvalue weighted by atomic mass is 9.99. The van der Waals surface area contributed by atoms with Crippen molar-refractivity contribution in [3.63, 3.8) is 0 Å². The average molecular weight is 559 g/mol. The standard InChI is InChI=1S/C24H38N4O7S2/c1-12(2)18-23(33)27-19(13(3)4)22(32)25-16-11-37-36-9-7-6-8-15(10-17(30)26-18)35-24(34)20(14(5)29)28-21(16)31/h6,8,12-16,18-20,29H,7,9-11H2,1-5H3,(H,25,32)(H,26,30)(H,27,33)(H,28,31)/b8-6+/t14-,15-,16-,18?,19-,20?/m1/s1. The second-order valence-corrected chi connectivity index (χ2v) is 12.4. The molecule has 0 aromatic heterocycles. The number of hydrogen-bond donors (Lipinski definition) is 5. The highest BCUT2D eigenvalue weighted by atomic mass is 33.1. The van der Waals surface area contributed by atoms with E-state index in [0.717, 1.165) is 0 Å². The largest absolute Gasteiger partial charge is 0.456 e. The van der Waals surface area contributed by atoms with Gasteiger partial charge in [-0.3, -0.25) is 19.2 Å². The maximum Gasteiger partial charge on any atom is 0.331 e. The molecule has 2 bridgehead atoms. The van der Waals surface area contributed by atoms with E-state index in [2.05, 4.69) is 21.3 Å². The van der Waals surface area contributed by atoms with E-state index in [4.69, 9.17) is 4.74 Å². The van der Waals surface area contributed by atoms with Gasteiger partial charge < -0.3 is 31.1 Å². The number of carbonyl (C=O) groups is 5. The second kappa shape index (κ2) is 14.6. The zero-order valence-corrected chi connectivity index (χ0v) is 23.4. The molecule has 11 nitrogen and oxygen atoms in total. The molecule has 4 amide bonds. The first kappa shape index (κ1) is 31.0. The quantitative estimate of drug-likeness (QED) is 0.186. The molecule has 0 saturated carbocycles. The van der Waals surface area contributed by atoms with E-state index in [1.807, 2.05) is 0 Å². The lowest BCUT2D eigenvalue weighted by Gasteiger charge is -2.30. The van der Waals surface area contributed by atoms with Crippen LogP contribution in [0.15, 0.2) is 12.2 Å². The minimum absolute atomic E-state index is 0.194. The van der Waals surface area contributed by atoms with Gasteiger partial charge in [-0.2, -0.15) is 0 Å². The summed E-state index contributed by atoms with van der Waals surface area (Å²) in [6, 6.07) is -4.37. The Labute approximate surface area is 225 Å². The fourth-order valence-electron chi connectivity index (χ4n) is 3.71. The molecular formula is C24H38N4O7S2. The van der Waals surface area contributed by atoms with Crippen molar-refractivity contribution in [2.45, 2.75) is 83.8 Å². The summed E-state index contributed by atoms with van der Waals surface area (Å²) in [4.78, 5) is 65.4. The van der Waals surface area contributed by atoms with Crippen LogP contribution in [-0.4, -0.2) is 82.6 Å². The van der Waals surface area contributed by atoms with Crippen molar-refractivity contribution < 1.29 is 33.8 Å². The topological polar surface area (TPSA) is 163 Å². The second-order valence-electron chi connectivity index (χ2n) is 9.81. The van der Waals surface area contributed by atoms with E-state index in [0.29, 0.717) is 12.2 Å². The lowest BCUT2D eigenvalue weighted by Crippen LogP contribution is -2.61. The van der Waals surface area contributed by atoms with Crippen molar-refractivity contribution in [2.75, 3.05) is 11.5 Å². The number of hydrogen-bond acceptors (Lipinski definition) is 9. The van der Waals surface area contributed by atoms with Crippen LogP contribution in [0.1, 0.15) is 47.5 Å². The van der Waals surface area contributed by atoms with Gasteiger partial charge in [0.25, 0.3) is 0 Å². The first-order valence-corrected chi connectivity index (χ1v) is 14.9. The molecule has 208 valence electrons. The summed E-state index contributed by atoms with van der Waals surface area (Å²) in [6.07, 6.45) is 1.46. The molecule has 1 fully saturated rings. The van der Waals surface area contributed by atoms with Gasteiger partial charge in [-0.25, -0.2) is 4.79 Å². The van der Waals surface area contributed by atoms with E-state index in [9.17, 15) is 29.1 Å². The van der Waals surface area contributed by atoms with Crippen LogP contribution >= 0.6 is 21.6 Å². The van der Waals surface area contributed by atoms with Crippen LogP contribution in [0.2, 0.25) is 0 Å². The summed E-state index contributed by atoms with van der Waals surface area (Å²) in [5, 5.41) is 20.8. The number of carbonyl (C=O) groups excluding carboxylic acids is 5. The minimum atomic E-state index is -1.41. The van der Waals surface area contributed by atoms with Crippen LogP contribution < -0.4 is 21.3 Å². The van der Waals surface area contributed by atoms with E-state index in [1.54, 1.807) is 39.8 Å². The van der Waals surface area contributed by atoms with Gasteiger partial charge in [0.15, 0.2) is 6.04 Å². The molecule has 2 aliphatic rings. The third-order valence-corrected chi connectivity index (χ3v) is 8.32. The van der Waals surface area contributed by atoms with Crippen molar-refractivity contribution in [3.8, 4) is 0 Å². The summed E-state index contributed by atoms with van der Waals surface area (Å²) < 4.78 is 5.51. The van der Waals surface area contributed by atoms with Gasteiger partial charge in [0.05, 0.1) is 12.5 Å². The third-order valence-electron chi connectivity index (χ3n) is 5.87. The Morgan fingerprint density at radius 1 is 0.838 bits per heavy atom. The number of aliphatic hydroxyl groups excluding tert-OH is 1. The van der Waals surface area contributed by atoms with Crippen molar-refractivity contribution in [2.24, 2.45) is 11.8 Å². The van der Waals surface area contributed by atoms with Crippen molar-refractivity contribution in [1.29, 1.82) is 0 Å². The Kier molecular flexibility index (Phi) is 12.2. The number of aliphatic hydroxyl groups is 1. The molecule has 0 spiro atoms. The van der Waals surface area contributed by atoms with Crippen LogP contribution in [0.25, 0.3) is 0 Å². The molecule has 13 heteroatoms. The molecule has 0 aromatic carbocycles. The highest BCUT2D eigenvalue weighted by molar-refractivity contribution is 8.76. The molecule has 1 saturated heterocycles. The normalized spacial score (nSPS) is 30.9. The molecule has 0 aromatic rings. The molecule has 6 atom stereocenters. The molecule has 2 rings (SSSR count). The molecule has 0 aliphatic carbocycles. The van der Waals surface area contributed by atoms with Crippen LogP contribution in [0.3, 0.4) is 0 Å². The Hall–Kier alpha value is -2.25. The summed E-state index contributed by atoms with van der Waals surface area (Å²) in [5.41, 5.74) is 0. The van der Waals surface area contributed by atoms with E-state index >= 15 is 0 Å². The van der Waals surface area contributed by atoms with E-state index in [1.165, 1.54) is 28.5 Å². The van der Waals surface area contributed by atoms with Gasteiger partial charge in [-0.15, -0.1) is 0 Å². The van der Waals surface area contributed by atoms with Gasteiger partial charge in [0.2, 0.25) is 23.6 Å².